The van der Waals surface area contributed by atoms with Crippen molar-refractivity contribution >= 4 is 5.97 Å². The Morgan fingerprint density at radius 2 is 1.94 bits per heavy atom. The van der Waals surface area contributed by atoms with Crippen LogP contribution in [0.25, 0.3) is 0 Å². The SMILES string of the molecule is CN(CC1CC1)CC1(C(=O)O)CCCCC1. The molecule has 0 spiro atoms. The van der Waals surface area contributed by atoms with Crippen LogP contribution >= 0.6 is 0 Å². The summed E-state index contributed by atoms with van der Waals surface area (Å²) in [6.45, 7) is 1.84. The third-order valence-corrected chi connectivity index (χ3v) is 4.10. The van der Waals surface area contributed by atoms with E-state index in [9.17, 15) is 9.90 Å². The van der Waals surface area contributed by atoms with Crippen molar-refractivity contribution in [3.05, 3.63) is 0 Å². The molecular formula is C13H23NO2. The van der Waals surface area contributed by atoms with Crippen LogP contribution in [0.4, 0.5) is 0 Å². The van der Waals surface area contributed by atoms with Crippen LogP contribution in [0.5, 0.6) is 0 Å². The van der Waals surface area contributed by atoms with E-state index >= 15 is 0 Å². The fraction of sp³-hybridized carbons (Fsp3) is 0.923. The molecule has 0 aromatic rings. The van der Waals surface area contributed by atoms with Crippen molar-refractivity contribution in [2.24, 2.45) is 11.3 Å². The number of carbonyl (C=O) groups is 1. The van der Waals surface area contributed by atoms with E-state index in [2.05, 4.69) is 11.9 Å². The normalized spacial score (nSPS) is 24.6. The zero-order chi connectivity index (χ0) is 11.6. The summed E-state index contributed by atoms with van der Waals surface area (Å²) in [5.41, 5.74) is -0.443. The average Bonchev–Trinajstić information content (AvgIpc) is 3.02. The molecule has 2 aliphatic rings. The highest BCUT2D eigenvalue weighted by molar-refractivity contribution is 5.75. The van der Waals surface area contributed by atoms with E-state index in [0.29, 0.717) is 0 Å². The predicted octanol–water partition coefficient (Wildman–Crippen LogP) is 2.36. The fourth-order valence-electron chi connectivity index (χ4n) is 2.99. The molecule has 3 heteroatoms. The van der Waals surface area contributed by atoms with Gasteiger partial charge in [0.1, 0.15) is 0 Å². The van der Waals surface area contributed by atoms with Crippen molar-refractivity contribution in [3.8, 4) is 0 Å². The average molecular weight is 225 g/mol. The third kappa shape index (κ3) is 2.76. The molecule has 3 nitrogen and oxygen atoms in total. The van der Waals surface area contributed by atoms with Crippen molar-refractivity contribution in [1.82, 2.24) is 4.90 Å². The summed E-state index contributed by atoms with van der Waals surface area (Å²) in [4.78, 5) is 13.7. The molecule has 0 aromatic heterocycles. The molecule has 16 heavy (non-hydrogen) atoms. The van der Waals surface area contributed by atoms with E-state index in [4.69, 9.17) is 0 Å². The molecule has 0 atom stereocenters. The highest BCUT2D eigenvalue weighted by Gasteiger charge is 2.40. The Bertz CT molecular complexity index is 255. The summed E-state index contributed by atoms with van der Waals surface area (Å²) >= 11 is 0. The van der Waals surface area contributed by atoms with E-state index in [1.165, 1.54) is 19.3 Å². The molecule has 0 aliphatic heterocycles. The minimum atomic E-state index is -0.574. The Labute approximate surface area is 97.8 Å². The molecule has 2 saturated carbocycles. The van der Waals surface area contributed by atoms with Crippen LogP contribution in [0, 0.1) is 11.3 Å². The molecule has 0 radical (unpaired) electrons. The summed E-state index contributed by atoms with van der Waals surface area (Å²) in [7, 11) is 2.08. The summed E-state index contributed by atoms with van der Waals surface area (Å²) < 4.78 is 0. The van der Waals surface area contributed by atoms with Gasteiger partial charge in [0.25, 0.3) is 0 Å². The van der Waals surface area contributed by atoms with Gasteiger partial charge in [-0.25, -0.2) is 0 Å². The van der Waals surface area contributed by atoms with Gasteiger partial charge in [-0.1, -0.05) is 19.3 Å². The highest BCUT2D eigenvalue weighted by atomic mass is 16.4. The molecule has 0 aromatic carbocycles. The van der Waals surface area contributed by atoms with Gasteiger partial charge < -0.3 is 10.0 Å². The zero-order valence-electron chi connectivity index (χ0n) is 10.2. The maximum Gasteiger partial charge on any atom is 0.310 e. The van der Waals surface area contributed by atoms with Crippen LogP contribution in [0.3, 0.4) is 0 Å². The number of hydrogen-bond donors (Lipinski definition) is 1. The van der Waals surface area contributed by atoms with Crippen molar-refractivity contribution in [2.75, 3.05) is 20.1 Å². The lowest BCUT2D eigenvalue weighted by atomic mass is 9.73. The molecule has 0 unspecified atom stereocenters. The van der Waals surface area contributed by atoms with E-state index in [1.54, 1.807) is 0 Å². The zero-order valence-corrected chi connectivity index (χ0v) is 10.2. The van der Waals surface area contributed by atoms with Crippen LogP contribution in [0.1, 0.15) is 44.9 Å². The standard InChI is InChI=1S/C13H23NO2/c1-14(9-11-5-6-11)10-13(12(15)16)7-3-2-4-8-13/h11H,2-10H2,1H3,(H,15,16). The summed E-state index contributed by atoms with van der Waals surface area (Å²) in [5.74, 6) is 0.272. The van der Waals surface area contributed by atoms with E-state index in [1.807, 2.05) is 0 Å². The number of carboxylic acids is 1. The fourth-order valence-corrected chi connectivity index (χ4v) is 2.99. The maximum absolute atomic E-state index is 11.5. The highest BCUT2D eigenvalue weighted by Crippen LogP contribution is 2.38. The summed E-state index contributed by atoms with van der Waals surface area (Å²) in [5, 5.41) is 9.46. The Kier molecular flexibility index (Phi) is 3.53. The summed E-state index contributed by atoms with van der Waals surface area (Å²) in [6.07, 6.45) is 7.80. The Hall–Kier alpha value is -0.570. The van der Waals surface area contributed by atoms with Crippen LogP contribution < -0.4 is 0 Å². The van der Waals surface area contributed by atoms with Crippen molar-refractivity contribution in [1.29, 1.82) is 0 Å². The number of rotatable bonds is 5. The van der Waals surface area contributed by atoms with Crippen LogP contribution in [-0.2, 0) is 4.79 Å². The first-order valence-electron chi connectivity index (χ1n) is 6.54. The van der Waals surface area contributed by atoms with Crippen molar-refractivity contribution in [3.63, 3.8) is 0 Å². The topological polar surface area (TPSA) is 40.5 Å². The maximum atomic E-state index is 11.5. The van der Waals surface area contributed by atoms with Crippen LogP contribution in [0.2, 0.25) is 0 Å². The van der Waals surface area contributed by atoms with Gasteiger partial charge in [0, 0.05) is 13.1 Å². The van der Waals surface area contributed by atoms with E-state index in [-0.39, 0.29) is 0 Å². The molecule has 2 rings (SSSR count). The molecule has 1 N–H and O–H groups in total. The molecule has 0 saturated heterocycles. The lowest BCUT2D eigenvalue weighted by Crippen LogP contribution is -2.43. The van der Waals surface area contributed by atoms with Crippen LogP contribution in [-0.4, -0.2) is 36.1 Å². The largest absolute Gasteiger partial charge is 0.481 e. The van der Waals surface area contributed by atoms with Crippen LogP contribution in [0.15, 0.2) is 0 Å². The van der Waals surface area contributed by atoms with Gasteiger partial charge in [-0.05, 0) is 38.6 Å². The second-order valence-corrected chi connectivity index (χ2v) is 5.79. The van der Waals surface area contributed by atoms with Gasteiger partial charge >= 0.3 is 5.97 Å². The minimum absolute atomic E-state index is 0.443. The molecule has 2 fully saturated rings. The molecular weight excluding hydrogens is 202 g/mol. The molecule has 0 amide bonds. The third-order valence-electron chi connectivity index (χ3n) is 4.10. The Morgan fingerprint density at radius 1 is 1.31 bits per heavy atom. The molecule has 0 bridgehead atoms. The molecule has 92 valence electrons. The smallest absolute Gasteiger partial charge is 0.310 e. The van der Waals surface area contributed by atoms with Crippen molar-refractivity contribution in [2.45, 2.75) is 44.9 Å². The lowest BCUT2D eigenvalue weighted by Gasteiger charge is -2.36. The minimum Gasteiger partial charge on any atom is -0.481 e. The van der Waals surface area contributed by atoms with Gasteiger partial charge in [-0.3, -0.25) is 4.79 Å². The van der Waals surface area contributed by atoms with Gasteiger partial charge in [0.15, 0.2) is 0 Å². The first kappa shape index (κ1) is 11.9. The second-order valence-electron chi connectivity index (χ2n) is 5.79. The number of aliphatic carboxylic acids is 1. The second kappa shape index (κ2) is 4.74. The van der Waals surface area contributed by atoms with E-state index in [0.717, 1.165) is 44.7 Å². The number of hydrogen-bond acceptors (Lipinski definition) is 2. The first-order valence-corrected chi connectivity index (χ1v) is 6.54. The predicted molar refractivity (Wildman–Crippen MR) is 63.4 cm³/mol. The molecule has 2 aliphatic carbocycles. The summed E-state index contributed by atoms with van der Waals surface area (Å²) in [6, 6.07) is 0. The Morgan fingerprint density at radius 3 is 2.44 bits per heavy atom. The van der Waals surface area contributed by atoms with Gasteiger partial charge in [0.2, 0.25) is 0 Å². The number of carboxylic acid groups (broad SMARTS) is 1. The van der Waals surface area contributed by atoms with E-state index < -0.39 is 11.4 Å². The lowest BCUT2D eigenvalue weighted by molar-refractivity contribution is -0.152. The van der Waals surface area contributed by atoms with Gasteiger partial charge in [-0.2, -0.15) is 0 Å². The monoisotopic (exact) mass is 225 g/mol. The Balaban J connectivity index is 1.92. The number of nitrogens with zero attached hydrogens (tertiary/aromatic N) is 1. The van der Waals surface area contributed by atoms with Crippen molar-refractivity contribution < 1.29 is 9.90 Å². The van der Waals surface area contributed by atoms with Gasteiger partial charge in [0.05, 0.1) is 5.41 Å². The van der Waals surface area contributed by atoms with Gasteiger partial charge in [-0.15, -0.1) is 0 Å². The first-order chi connectivity index (χ1) is 7.62. The quantitative estimate of drug-likeness (QED) is 0.781. The molecule has 0 heterocycles.